The molecule has 100 valence electrons. The molecular formula is C14H22BrN3. The Morgan fingerprint density at radius 3 is 2.44 bits per heavy atom. The Hall–Kier alpha value is -1.03. The first-order valence-corrected chi connectivity index (χ1v) is 6.99. The van der Waals surface area contributed by atoms with Crippen LogP contribution >= 0.6 is 15.9 Å². The average molecular weight is 312 g/mol. The number of benzene rings is 1. The average Bonchev–Trinajstić information content (AvgIpc) is 2.26. The second kappa shape index (κ2) is 6.23. The minimum atomic E-state index is 0.0973. The fraction of sp³-hybridized carbons (Fsp3) is 0.500. The number of hydrogen-bond acceptors (Lipinski definition) is 2. The van der Waals surface area contributed by atoms with Gasteiger partial charge in [-0.15, -0.1) is 0 Å². The second-order valence-corrected chi connectivity index (χ2v) is 6.02. The molecule has 1 unspecified atom stereocenters. The Balaban J connectivity index is 2.92. The van der Waals surface area contributed by atoms with Crippen molar-refractivity contribution in [2.45, 2.75) is 33.2 Å². The van der Waals surface area contributed by atoms with Gasteiger partial charge in [0.15, 0.2) is 0 Å². The summed E-state index contributed by atoms with van der Waals surface area (Å²) in [5.41, 5.74) is 7.36. The van der Waals surface area contributed by atoms with E-state index < -0.39 is 0 Å². The highest BCUT2D eigenvalue weighted by Gasteiger charge is 2.14. The van der Waals surface area contributed by atoms with Crippen LogP contribution < -0.4 is 10.6 Å². The Morgan fingerprint density at radius 2 is 2.00 bits per heavy atom. The molecule has 0 spiro atoms. The quantitative estimate of drug-likeness (QED) is 0.645. The molecule has 0 amide bonds. The van der Waals surface area contributed by atoms with E-state index in [1.807, 2.05) is 18.2 Å². The van der Waals surface area contributed by atoms with Gasteiger partial charge in [0.1, 0.15) is 5.84 Å². The molecule has 0 fully saturated rings. The van der Waals surface area contributed by atoms with Crippen LogP contribution in [0.2, 0.25) is 0 Å². The van der Waals surface area contributed by atoms with Crippen LogP contribution in [0.1, 0.15) is 32.8 Å². The maximum atomic E-state index is 7.43. The first kappa shape index (κ1) is 15.0. The SMILES string of the molecule is CC(C)CC(C)N(C)c1ccc(C(=N)N)cc1Br. The molecule has 1 aromatic carbocycles. The topological polar surface area (TPSA) is 53.1 Å². The minimum Gasteiger partial charge on any atom is -0.384 e. The standard InChI is InChI=1S/C14H22BrN3/c1-9(2)7-10(3)18(4)13-6-5-11(14(16)17)8-12(13)15/h5-6,8-10H,7H2,1-4H3,(H3,16,17). The summed E-state index contributed by atoms with van der Waals surface area (Å²) in [6.45, 7) is 6.70. The summed E-state index contributed by atoms with van der Waals surface area (Å²) in [6.07, 6.45) is 1.15. The number of rotatable bonds is 5. The third-order valence-electron chi connectivity index (χ3n) is 3.11. The van der Waals surface area contributed by atoms with Gasteiger partial charge in [-0.3, -0.25) is 5.41 Å². The third kappa shape index (κ3) is 3.73. The zero-order valence-corrected chi connectivity index (χ0v) is 13.1. The molecule has 0 saturated carbocycles. The van der Waals surface area contributed by atoms with Gasteiger partial charge in [0.2, 0.25) is 0 Å². The Morgan fingerprint density at radius 1 is 1.39 bits per heavy atom. The van der Waals surface area contributed by atoms with Crippen LogP contribution in [0, 0.1) is 11.3 Å². The Bertz CT molecular complexity index is 429. The van der Waals surface area contributed by atoms with E-state index in [-0.39, 0.29) is 5.84 Å². The maximum Gasteiger partial charge on any atom is 0.122 e. The number of amidine groups is 1. The predicted molar refractivity (Wildman–Crippen MR) is 82.5 cm³/mol. The largest absolute Gasteiger partial charge is 0.384 e. The van der Waals surface area contributed by atoms with Crippen LogP contribution in [-0.2, 0) is 0 Å². The summed E-state index contributed by atoms with van der Waals surface area (Å²) >= 11 is 3.56. The van der Waals surface area contributed by atoms with Crippen molar-refractivity contribution >= 4 is 27.5 Å². The number of nitrogens with zero attached hydrogens (tertiary/aromatic N) is 1. The normalized spacial score (nSPS) is 12.6. The van der Waals surface area contributed by atoms with Crippen LogP contribution in [0.15, 0.2) is 22.7 Å². The Labute approximate surface area is 118 Å². The number of halogens is 1. The van der Waals surface area contributed by atoms with E-state index in [1.165, 1.54) is 0 Å². The molecule has 1 rings (SSSR count). The molecule has 3 nitrogen and oxygen atoms in total. The summed E-state index contributed by atoms with van der Waals surface area (Å²) in [5, 5.41) is 7.43. The van der Waals surface area contributed by atoms with Crippen molar-refractivity contribution in [2.75, 3.05) is 11.9 Å². The molecule has 0 aromatic heterocycles. The van der Waals surface area contributed by atoms with Gasteiger partial charge in [0.05, 0.1) is 5.69 Å². The van der Waals surface area contributed by atoms with E-state index in [9.17, 15) is 0 Å². The van der Waals surface area contributed by atoms with Gasteiger partial charge in [-0.25, -0.2) is 0 Å². The maximum absolute atomic E-state index is 7.43. The smallest absolute Gasteiger partial charge is 0.122 e. The molecule has 3 N–H and O–H groups in total. The summed E-state index contributed by atoms with van der Waals surface area (Å²) < 4.78 is 0.980. The number of nitrogens with one attached hydrogen (secondary N) is 1. The van der Waals surface area contributed by atoms with Crippen molar-refractivity contribution in [3.05, 3.63) is 28.2 Å². The van der Waals surface area contributed by atoms with Crippen molar-refractivity contribution in [2.24, 2.45) is 11.7 Å². The molecule has 0 aliphatic rings. The van der Waals surface area contributed by atoms with Gasteiger partial charge in [-0.05, 0) is 53.4 Å². The highest BCUT2D eigenvalue weighted by atomic mass is 79.9. The van der Waals surface area contributed by atoms with Gasteiger partial charge in [-0.1, -0.05) is 13.8 Å². The molecule has 0 saturated heterocycles. The lowest BCUT2D eigenvalue weighted by Gasteiger charge is -2.29. The lowest BCUT2D eigenvalue weighted by molar-refractivity contribution is 0.504. The first-order chi connectivity index (χ1) is 8.32. The van der Waals surface area contributed by atoms with Crippen LogP contribution in [0.4, 0.5) is 5.69 Å². The number of nitrogen functional groups attached to an aromatic ring is 1. The summed E-state index contributed by atoms with van der Waals surface area (Å²) in [4.78, 5) is 2.26. The van der Waals surface area contributed by atoms with Crippen LogP contribution in [0.3, 0.4) is 0 Å². The van der Waals surface area contributed by atoms with E-state index in [2.05, 4.69) is 48.6 Å². The lowest BCUT2D eigenvalue weighted by atomic mass is 10.0. The minimum absolute atomic E-state index is 0.0973. The Kier molecular flexibility index (Phi) is 5.20. The molecule has 18 heavy (non-hydrogen) atoms. The second-order valence-electron chi connectivity index (χ2n) is 5.17. The highest BCUT2D eigenvalue weighted by Crippen LogP contribution is 2.29. The van der Waals surface area contributed by atoms with Gasteiger partial charge in [-0.2, -0.15) is 0 Å². The van der Waals surface area contributed by atoms with Crippen molar-refractivity contribution in [3.8, 4) is 0 Å². The third-order valence-corrected chi connectivity index (χ3v) is 3.75. The van der Waals surface area contributed by atoms with Crippen LogP contribution in [0.5, 0.6) is 0 Å². The van der Waals surface area contributed by atoms with E-state index >= 15 is 0 Å². The molecule has 0 aliphatic carbocycles. The molecule has 0 aliphatic heterocycles. The molecule has 1 aromatic rings. The van der Waals surface area contributed by atoms with Gasteiger partial charge in [0, 0.05) is 23.1 Å². The predicted octanol–water partition coefficient (Wildman–Crippen LogP) is 3.60. The van der Waals surface area contributed by atoms with E-state index in [4.69, 9.17) is 11.1 Å². The zero-order valence-electron chi connectivity index (χ0n) is 11.5. The lowest BCUT2D eigenvalue weighted by Crippen LogP contribution is -2.30. The van der Waals surface area contributed by atoms with E-state index in [0.29, 0.717) is 12.0 Å². The molecule has 0 radical (unpaired) electrons. The van der Waals surface area contributed by atoms with Gasteiger partial charge < -0.3 is 10.6 Å². The molecular weight excluding hydrogens is 290 g/mol. The first-order valence-electron chi connectivity index (χ1n) is 6.19. The zero-order chi connectivity index (χ0) is 13.9. The van der Waals surface area contributed by atoms with E-state index in [0.717, 1.165) is 22.1 Å². The number of hydrogen-bond donors (Lipinski definition) is 2. The molecule has 4 heteroatoms. The fourth-order valence-corrected chi connectivity index (χ4v) is 2.70. The number of anilines is 1. The van der Waals surface area contributed by atoms with Crippen molar-refractivity contribution in [1.29, 1.82) is 5.41 Å². The van der Waals surface area contributed by atoms with Gasteiger partial charge >= 0.3 is 0 Å². The fourth-order valence-electron chi connectivity index (χ4n) is 2.04. The molecule has 0 bridgehead atoms. The van der Waals surface area contributed by atoms with Crippen LogP contribution in [-0.4, -0.2) is 18.9 Å². The van der Waals surface area contributed by atoms with Crippen molar-refractivity contribution in [1.82, 2.24) is 0 Å². The molecule has 1 atom stereocenters. The monoisotopic (exact) mass is 311 g/mol. The molecule has 0 heterocycles. The van der Waals surface area contributed by atoms with Crippen molar-refractivity contribution in [3.63, 3.8) is 0 Å². The highest BCUT2D eigenvalue weighted by molar-refractivity contribution is 9.10. The summed E-state index contributed by atoms with van der Waals surface area (Å²) in [7, 11) is 2.10. The van der Waals surface area contributed by atoms with Crippen LogP contribution in [0.25, 0.3) is 0 Å². The summed E-state index contributed by atoms with van der Waals surface area (Å²) in [5.74, 6) is 0.776. The van der Waals surface area contributed by atoms with E-state index in [1.54, 1.807) is 0 Å². The summed E-state index contributed by atoms with van der Waals surface area (Å²) in [6, 6.07) is 6.28. The van der Waals surface area contributed by atoms with Gasteiger partial charge in [0.25, 0.3) is 0 Å². The van der Waals surface area contributed by atoms with Crippen molar-refractivity contribution < 1.29 is 0 Å². The number of nitrogens with two attached hydrogens (primary N) is 1.